The number of nitrogens with one attached hydrogen (secondary N) is 2. The Morgan fingerprint density at radius 3 is 2.48 bits per heavy atom. The Labute approximate surface area is 126 Å². The number of aliphatic hydroxyl groups excluding tert-OH is 1. The molecule has 21 heavy (non-hydrogen) atoms. The van der Waals surface area contributed by atoms with Gasteiger partial charge in [-0.25, -0.2) is 4.79 Å². The fourth-order valence-corrected chi connectivity index (χ4v) is 2.24. The lowest BCUT2D eigenvalue weighted by molar-refractivity contribution is 0.147. The van der Waals surface area contributed by atoms with Gasteiger partial charge in [-0.15, -0.1) is 0 Å². The molecule has 1 atom stereocenters. The summed E-state index contributed by atoms with van der Waals surface area (Å²) in [6.07, 6.45) is 0.666. The van der Waals surface area contributed by atoms with Crippen molar-refractivity contribution in [2.24, 2.45) is 0 Å². The molecule has 0 saturated heterocycles. The van der Waals surface area contributed by atoms with E-state index >= 15 is 0 Å². The summed E-state index contributed by atoms with van der Waals surface area (Å²) < 4.78 is 5.06. The molecule has 0 aliphatic heterocycles. The van der Waals surface area contributed by atoms with Gasteiger partial charge in [-0.1, -0.05) is 0 Å². The van der Waals surface area contributed by atoms with E-state index in [1.54, 1.807) is 12.1 Å². The number of carbonyl (C=O) groups is 1. The minimum atomic E-state index is -0.825. The second kappa shape index (κ2) is 8.69. The van der Waals surface area contributed by atoms with E-state index in [0.717, 1.165) is 6.54 Å². The van der Waals surface area contributed by atoms with Gasteiger partial charge in [0.05, 0.1) is 12.8 Å². The third-order valence-corrected chi connectivity index (χ3v) is 3.31. The van der Waals surface area contributed by atoms with Gasteiger partial charge >= 0.3 is 6.03 Å². The van der Waals surface area contributed by atoms with Crippen LogP contribution in [-0.4, -0.2) is 47.8 Å². The molecule has 0 aromatic carbocycles. The fraction of sp³-hybridized carbons (Fsp3) is 0.667. The molecule has 0 aliphatic rings. The van der Waals surface area contributed by atoms with E-state index in [1.165, 1.54) is 6.26 Å². The Balaban J connectivity index is 2.22. The highest BCUT2D eigenvalue weighted by Crippen LogP contribution is 2.11. The lowest BCUT2D eigenvalue weighted by atomic mass is 10.2. The molecule has 0 saturated carbocycles. The highest BCUT2D eigenvalue weighted by molar-refractivity contribution is 5.73. The molecule has 1 rings (SSSR count). The molecule has 1 heterocycles. The molecule has 120 valence electrons. The monoisotopic (exact) mass is 297 g/mol. The molecular weight excluding hydrogens is 270 g/mol. The predicted octanol–water partition coefficient (Wildman–Crippen LogP) is 1.73. The van der Waals surface area contributed by atoms with Crippen LogP contribution in [0, 0.1) is 0 Å². The molecule has 1 aromatic rings. The lowest BCUT2D eigenvalue weighted by Crippen LogP contribution is -2.45. The SMILES string of the molecule is CC(C)N(CCNC(=O)NCC(O)c1ccco1)C(C)C. The number of carbonyl (C=O) groups excluding carboxylic acids is 1. The summed E-state index contributed by atoms with van der Waals surface area (Å²) >= 11 is 0. The van der Waals surface area contributed by atoms with Gasteiger partial charge in [-0.2, -0.15) is 0 Å². The summed E-state index contributed by atoms with van der Waals surface area (Å²) in [6.45, 7) is 10.0. The largest absolute Gasteiger partial charge is 0.467 e. The number of rotatable bonds is 8. The van der Waals surface area contributed by atoms with Gasteiger partial charge in [0, 0.05) is 25.2 Å². The highest BCUT2D eigenvalue weighted by atomic mass is 16.4. The molecule has 2 amide bonds. The minimum absolute atomic E-state index is 0.122. The van der Waals surface area contributed by atoms with Gasteiger partial charge < -0.3 is 20.2 Å². The van der Waals surface area contributed by atoms with Crippen molar-refractivity contribution >= 4 is 6.03 Å². The number of urea groups is 1. The first-order valence-electron chi connectivity index (χ1n) is 7.40. The standard InChI is InChI=1S/C15H27N3O3/c1-11(2)18(12(3)4)8-7-16-15(20)17-10-13(19)14-6-5-9-21-14/h5-6,9,11-13,19H,7-8,10H2,1-4H3,(H2,16,17,20). The van der Waals surface area contributed by atoms with Crippen LogP contribution in [0.5, 0.6) is 0 Å². The molecule has 6 nitrogen and oxygen atoms in total. The molecule has 0 radical (unpaired) electrons. The van der Waals surface area contributed by atoms with Gasteiger partial charge in [0.15, 0.2) is 0 Å². The second-order valence-electron chi connectivity index (χ2n) is 5.59. The maximum Gasteiger partial charge on any atom is 0.314 e. The Morgan fingerprint density at radius 1 is 1.29 bits per heavy atom. The first-order valence-corrected chi connectivity index (χ1v) is 7.40. The van der Waals surface area contributed by atoms with Gasteiger partial charge in [0.25, 0.3) is 0 Å². The molecule has 1 aromatic heterocycles. The van der Waals surface area contributed by atoms with Crippen LogP contribution in [0.3, 0.4) is 0 Å². The highest BCUT2D eigenvalue weighted by Gasteiger charge is 2.14. The van der Waals surface area contributed by atoms with Crippen LogP contribution in [-0.2, 0) is 0 Å². The van der Waals surface area contributed by atoms with Crippen molar-refractivity contribution in [1.29, 1.82) is 0 Å². The van der Waals surface area contributed by atoms with Crippen molar-refractivity contribution in [3.8, 4) is 0 Å². The maximum atomic E-state index is 11.7. The van der Waals surface area contributed by atoms with Crippen molar-refractivity contribution in [1.82, 2.24) is 15.5 Å². The summed E-state index contributed by atoms with van der Waals surface area (Å²) in [4.78, 5) is 14.0. The van der Waals surface area contributed by atoms with Crippen LogP contribution < -0.4 is 10.6 Å². The molecule has 6 heteroatoms. The average Bonchev–Trinajstić information content (AvgIpc) is 2.94. The predicted molar refractivity (Wildman–Crippen MR) is 82.0 cm³/mol. The summed E-state index contributed by atoms with van der Waals surface area (Å²) in [5.41, 5.74) is 0. The van der Waals surface area contributed by atoms with Crippen LogP contribution in [0.2, 0.25) is 0 Å². The zero-order valence-electron chi connectivity index (χ0n) is 13.3. The van der Waals surface area contributed by atoms with Crippen LogP contribution in [0.1, 0.15) is 39.6 Å². The van der Waals surface area contributed by atoms with E-state index in [1.807, 2.05) is 0 Å². The van der Waals surface area contributed by atoms with Crippen molar-refractivity contribution in [2.75, 3.05) is 19.6 Å². The van der Waals surface area contributed by atoms with Crippen LogP contribution >= 0.6 is 0 Å². The Morgan fingerprint density at radius 2 is 1.95 bits per heavy atom. The third kappa shape index (κ3) is 6.18. The van der Waals surface area contributed by atoms with E-state index in [4.69, 9.17) is 4.42 Å². The Hall–Kier alpha value is -1.53. The second-order valence-corrected chi connectivity index (χ2v) is 5.59. The van der Waals surface area contributed by atoms with E-state index < -0.39 is 6.10 Å². The Kier molecular flexibility index (Phi) is 7.25. The normalized spacial score (nSPS) is 13.0. The van der Waals surface area contributed by atoms with E-state index in [2.05, 4.69) is 43.2 Å². The van der Waals surface area contributed by atoms with Crippen LogP contribution in [0.4, 0.5) is 4.79 Å². The number of aliphatic hydroxyl groups is 1. The molecule has 0 bridgehead atoms. The third-order valence-electron chi connectivity index (χ3n) is 3.31. The van der Waals surface area contributed by atoms with E-state index in [0.29, 0.717) is 24.4 Å². The van der Waals surface area contributed by atoms with Crippen molar-refractivity contribution in [3.05, 3.63) is 24.2 Å². The van der Waals surface area contributed by atoms with Gasteiger partial charge in [0.2, 0.25) is 0 Å². The van der Waals surface area contributed by atoms with Gasteiger partial charge in [0.1, 0.15) is 11.9 Å². The topological polar surface area (TPSA) is 77.7 Å². The molecule has 0 spiro atoms. The zero-order chi connectivity index (χ0) is 15.8. The molecular formula is C15H27N3O3. The van der Waals surface area contributed by atoms with E-state index in [9.17, 15) is 9.90 Å². The van der Waals surface area contributed by atoms with Gasteiger partial charge in [-0.05, 0) is 39.8 Å². The zero-order valence-corrected chi connectivity index (χ0v) is 13.3. The minimum Gasteiger partial charge on any atom is -0.467 e. The summed E-state index contributed by atoms with van der Waals surface area (Å²) in [7, 11) is 0. The van der Waals surface area contributed by atoms with E-state index in [-0.39, 0.29) is 12.6 Å². The van der Waals surface area contributed by atoms with Crippen LogP contribution in [0.15, 0.2) is 22.8 Å². The average molecular weight is 297 g/mol. The summed E-state index contributed by atoms with van der Waals surface area (Å²) in [5.74, 6) is 0.445. The number of amides is 2. The summed E-state index contributed by atoms with van der Waals surface area (Å²) in [5, 5.41) is 15.2. The molecule has 1 unspecified atom stereocenters. The van der Waals surface area contributed by atoms with Crippen molar-refractivity contribution < 1.29 is 14.3 Å². The first kappa shape index (κ1) is 17.5. The smallest absolute Gasteiger partial charge is 0.314 e. The van der Waals surface area contributed by atoms with Crippen molar-refractivity contribution in [2.45, 2.75) is 45.9 Å². The van der Waals surface area contributed by atoms with Crippen LogP contribution in [0.25, 0.3) is 0 Å². The molecule has 0 aliphatic carbocycles. The Bertz CT molecular complexity index is 396. The maximum absolute atomic E-state index is 11.7. The quantitative estimate of drug-likeness (QED) is 0.683. The fourth-order valence-electron chi connectivity index (χ4n) is 2.24. The van der Waals surface area contributed by atoms with Crippen molar-refractivity contribution in [3.63, 3.8) is 0 Å². The number of nitrogens with zero attached hydrogens (tertiary/aromatic N) is 1. The number of hydrogen-bond donors (Lipinski definition) is 3. The number of furan rings is 1. The van der Waals surface area contributed by atoms with Gasteiger partial charge in [-0.3, -0.25) is 4.90 Å². The molecule has 0 fully saturated rings. The summed E-state index contributed by atoms with van der Waals surface area (Å²) in [6, 6.07) is 3.97. The molecule has 3 N–H and O–H groups in total. The lowest BCUT2D eigenvalue weighted by Gasteiger charge is -2.30. The number of hydrogen-bond acceptors (Lipinski definition) is 4. The first-order chi connectivity index (χ1) is 9.91.